The highest BCUT2D eigenvalue weighted by molar-refractivity contribution is 5.74. The summed E-state index contributed by atoms with van der Waals surface area (Å²) >= 11 is 0. The molecule has 2 fully saturated rings. The highest BCUT2D eigenvalue weighted by Gasteiger charge is 2.29. The number of methoxy groups -OCH3 is 1. The van der Waals surface area contributed by atoms with Gasteiger partial charge in [-0.3, -0.25) is 0 Å². The van der Waals surface area contributed by atoms with Crippen molar-refractivity contribution in [3.8, 4) is 0 Å². The smallest absolute Gasteiger partial charge is 0.320 e. The molecule has 92 valence electrons. The standard InChI is InChI=1S/C11H21N3O2/c1-16-9-10-2-5-14(8-10)11(15)13-6-3-12-4-7-13/h10,12H,2-9H2,1H3. The number of nitrogens with zero attached hydrogens (tertiary/aromatic N) is 2. The lowest BCUT2D eigenvalue weighted by Crippen LogP contribution is -2.51. The number of hydrogen-bond acceptors (Lipinski definition) is 3. The molecule has 2 heterocycles. The predicted octanol–water partition coefficient (Wildman–Crippen LogP) is -0.0201. The summed E-state index contributed by atoms with van der Waals surface area (Å²) in [7, 11) is 1.72. The summed E-state index contributed by atoms with van der Waals surface area (Å²) in [6.45, 7) is 6.02. The van der Waals surface area contributed by atoms with Crippen molar-refractivity contribution >= 4 is 6.03 Å². The van der Waals surface area contributed by atoms with Crippen LogP contribution in [0.3, 0.4) is 0 Å². The average molecular weight is 227 g/mol. The second-order valence-corrected chi connectivity index (χ2v) is 4.58. The van der Waals surface area contributed by atoms with Gasteiger partial charge in [-0.2, -0.15) is 0 Å². The molecule has 0 aliphatic carbocycles. The monoisotopic (exact) mass is 227 g/mol. The molecule has 0 bridgehead atoms. The molecule has 0 radical (unpaired) electrons. The van der Waals surface area contributed by atoms with Crippen LogP contribution in [0.25, 0.3) is 0 Å². The van der Waals surface area contributed by atoms with Gasteiger partial charge in [0.1, 0.15) is 0 Å². The molecule has 1 atom stereocenters. The Morgan fingerprint density at radius 3 is 2.75 bits per heavy atom. The van der Waals surface area contributed by atoms with Crippen LogP contribution in [0, 0.1) is 5.92 Å². The molecule has 2 aliphatic rings. The van der Waals surface area contributed by atoms with Crippen molar-refractivity contribution in [1.29, 1.82) is 0 Å². The molecule has 5 heteroatoms. The molecule has 2 saturated heterocycles. The maximum atomic E-state index is 12.1. The van der Waals surface area contributed by atoms with Gasteiger partial charge >= 0.3 is 6.03 Å². The second-order valence-electron chi connectivity index (χ2n) is 4.58. The number of piperazine rings is 1. The molecule has 2 rings (SSSR count). The minimum absolute atomic E-state index is 0.208. The Balaban J connectivity index is 1.81. The van der Waals surface area contributed by atoms with Gasteiger partial charge in [0.2, 0.25) is 0 Å². The Morgan fingerprint density at radius 2 is 2.06 bits per heavy atom. The molecule has 0 aromatic heterocycles. The minimum atomic E-state index is 0.208. The molecule has 1 N–H and O–H groups in total. The van der Waals surface area contributed by atoms with E-state index in [4.69, 9.17) is 4.74 Å². The molecule has 2 amide bonds. The fourth-order valence-corrected chi connectivity index (χ4v) is 2.43. The summed E-state index contributed by atoms with van der Waals surface area (Å²) in [5, 5.41) is 3.26. The van der Waals surface area contributed by atoms with E-state index < -0.39 is 0 Å². The lowest BCUT2D eigenvalue weighted by atomic mass is 10.1. The summed E-state index contributed by atoms with van der Waals surface area (Å²) in [5.74, 6) is 0.525. The molecule has 0 aromatic rings. The number of amides is 2. The Hall–Kier alpha value is -0.810. The summed E-state index contributed by atoms with van der Waals surface area (Å²) in [6, 6.07) is 0.208. The van der Waals surface area contributed by atoms with Crippen molar-refractivity contribution in [3.63, 3.8) is 0 Å². The predicted molar refractivity (Wildman–Crippen MR) is 61.4 cm³/mol. The molecule has 0 saturated carbocycles. The van der Waals surface area contributed by atoms with Crippen molar-refractivity contribution in [2.75, 3.05) is 53.0 Å². The van der Waals surface area contributed by atoms with E-state index in [1.165, 1.54) is 0 Å². The number of carbonyl (C=O) groups is 1. The van der Waals surface area contributed by atoms with Crippen LogP contribution in [0.2, 0.25) is 0 Å². The van der Waals surface area contributed by atoms with Crippen molar-refractivity contribution < 1.29 is 9.53 Å². The van der Waals surface area contributed by atoms with Crippen LogP contribution in [-0.2, 0) is 4.74 Å². The lowest BCUT2D eigenvalue weighted by Gasteiger charge is -2.31. The van der Waals surface area contributed by atoms with Gasteiger partial charge in [-0.25, -0.2) is 4.79 Å². The van der Waals surface area contributed by atoms with Gasteiger partial charge in [0, 0.05) is 52.3 Å². The molecule has 0 aromatic carbocycles. The van der Waals surface area contributed by atoms with Gasteiger partial charge in [0.15, 0.2) is 0 Å². The van der Waals surface area contributed by atoms with Crippen molar-refractivity contribution in [2.45, 2.75) is 6.42 Å². The number of nitrogens with one attached hydrogen (secondary N) is 1. The molecule has 1 unspecified atom stereocenters. The second kappa shape index (κ2) is 5.50. The molecule has 0 spiro atoms. The third-order valence-electron chi connectivity index (χ3n) is 3.35. The van der Waals surface area contributed by atoms with Gasteiger partial charge in [0.25, 0.3) is 0 Å². The maximum absolute atomic E-state index is 12.1. The zero-order valence-corrected chi connectivity index (χ0v) is 9.95. The number of hydrogen-bond donors (Lipinski definition) is 1. The van der Waals surface area contributed by atoms with Crippen LogP contribution < -0.4 is 5.32 Å². The highest BCUT2D eigenvalue weighted by Crippen LogP contribution is 2.18. The molecule has 16 heavy (non-hydrogen) atoms. The number of rotatable bonds is 2. The van der Waals surface area contributed by atoms with E-state index in [1.54, 1.807) is 7.11 Å². The first kappa shape index (κ1) is 11.7. The Labute approximate surface area is 96.7 Å². The van der Waals surface area contributed by atoms with Gasteiger partial charge in [0.05, 0.1) is 6.61 Å². The van der Waals surface area contributed by atoms with Crippen molar-refractivity contribution in [1.82, 2.24) is 15.1 Å². The quantitative estimate of drug-likeness (QED) is 0.721. The first-order valence-electron chi connectivity index (χ1n) is 6.05. The Bertz CT molecular complexity index is 241. The largest absolute Gasteiger partial charge is 0.384 e. The van der Waals surface area contributed by atoms with Gasteiger partial charge in [-0.15, -0.1) is 0 Å². The summed E-state index contributed by atoms with van der Waals surface area (Å²) < 4.78 is 5.14. The van der Waals surface area contributed by atoms with Crippen molar-refractivity contribution in [2.24, 2.45) is 5.92 Å². The van der Waals surface area contributed by atoms with Crippen LogP contribution in [0.15, 0.2) is 0 Å². The maximum Gasteiger partial charge on any atom is 0.320 e. The molecular formula is C11H21N3O2. The number of likely N-dealkylation sites (tertiary alicyclic amines) is 1. The minimum Gasteiger partial charge on any atom is -0.384 e. The average Bonchev–Trinajstić information content (AvgIpc) is 2.78. The van der Waals surface area contributed by atoms with Crippen LogP contribution in [0.1, 0.15) is 6.42 Å². The molecular weight excluding hydrogens is 206 g/mol. The van der Waals surface area contributed by atoms with Crippen LogP contribution in [0.5, 0.6) is 0 Å². The zero-order valence-electron chi connectivity index (χ0n) is 9.95. The first-order chi connectivity index (χ1) is 7.81. The van der Waals surface area contributed by atoms with Crippen LogP contribution >= 0.6 is 0 Å². The number of urea groups is 1. The van der Waals surface area contributed by atoms with E-state index >= 15 is 0 Å². The fraction of sp³-hybridized carbons (Fsp3) is 0.909. The van der Waals surface area contributed by atoms with E-state index in [0.717, 1.165) is 52.3 Å². The fourth-order valence-electron chi connectivity index (χ4n) is 2.43. The van der Waals surface area contributed by atoms with E-state index in [0.29, 0.717) is 5.92 Å². The number of carbonyl (C=O) groups excluding carboxylic acids is 1. The molecule has 2 aliphatic heterocycles. The third-order valence-corrected chi connectivity index (χ3v) is 3.35. The molecule has 5 nitrogen and oxygen atoms in total. The topological polar surface area (TPSA) is 44.8 Å². The van der Waals surface area contributed by atoms with Gasteiger partial charge < -0.3 is 19.9 Å². The summed E-state index contributed by atoms with van der Waals surface area (Å²) in [6.07, 6.45) is 1.08. The Morgan fingerprint density at radius 1 is 1.31 bits per heavy atom. The van der Waals surface area contributed by atoms with Gasteiger partial charge in [-0.05, 0) is 6.42 Å². The first-order valence-corrected chi connectivity index (χ1v) is 6.05. The van der Waals surface area contributed by atoms with Gasteiger partial charge in [-0.1, -0.05) is 0 Å². The summed E-state index contributed by atoms with van der Waals surface area (Å²) in [5.41, 5.74) is 0. The SMILES string of the molecule is COCC1CCN(C(=O)N2CCNCC2)C1. The summed E-state index contributed by atoms with van der Waals surface area (Å²) in [4.78, 5) is 16.1. The van der Waals surface area contributed by atoms with E-state index in [9.17, 15) is 4.79 Å². The third kappa shape index (κ3) is 2.65. The Kier molecular flexibility index (Phi) is 4.01. The highest BCUT2D eigenvalue weighted by atomic mass is 16.5. The number of ether oxygens (including phenoxy) is 1. The van der Waals surface area contributed by atoms with Crippen molar-refractivity contribution in [3.05, 3.63) is 0 Å². The van der Waals surface area contributed by atoms with Crippen LogP contribution in [0.4, 0.5) is 4.79 Å². The van der Waals surface area contributed by atoms with E-state index in [1.807, 2.05) is 9.80 Å². The van der Waals surface area contributed by atoms with E-state index in [2.05, 4.69) is 5.32 Å². The van der Waals surface area contributed by atoms with E-state index in [-0.39, 0.29) is 6.03 Å². The zero-order chi connectivity index (χ0) is 11.4. The normalized spacial score (nSPS) is 26.2. The lowest BCUT2D eigenvalue weighted by molar-refractivity contribution is 0.140. The van der Waals surface area contributed by atoms with Crippen LogP contribution in [-0.4, -0.2) is 68.8 Å².